The van der Waals surface area contributed by atoms with Gasteiger partial charge in [0.2, 0.25) is 5.95 Å². The van der Waals surface area contributed by atoms with E-state index in [1.807, 2.05) is 0 Å². The van der Waals surface area contributed by atoms with E-state index in [9.17, 15) is 0 Å². The number of rotatable bonds is 5. The number of nitrogen functional groups attached to an aromatic ring is 1. The molecule has 2 N–H and O–H groups in total. The molecule has 1 fully saturated rings. The summed E-state index contributed by atoms with van der Waals surface area (Å²) in [4.78, 5) is 21.3. The number of nitrogens with zero attached hydrogens (tertiary/aromatic N) is 5. The van der Waals surface area contributed by atoms with Crippen LogP contribution in [-0.4, -0.2) is 53.3 Å². The van der Waals surface area contributed by atoms with Gasteiger partial charge in [0.15, 0.2) is 5.82 Å². The molecule has 4 heterocycles. The summed E-state index contributed by atoms with van der Waals surface area (Å²) in [7, 11) is 1.73. The molecule has 0 saturated carbocycles. The van der Waals surface area contributed by atoms with Crippen LogP contribution in [0.25, 0.3) is 10.2 Å². The lowest BCUT2D eigenvalue weighted by Crippen LogP contribution is -2.37. The van der Waals surface area contributed by atoms with Crippen LogP contribution < -0.4 is 10.6 Å². The van der Waals surface area contributed by atoms with E-state index in [1.54, 1.807) is 30.8 Å². The largest absolute Gasteiger partial charge is 0.378 e. The monoisotopic (exact) mass is 400 g/mol. The third-order valence-electron chi connectivity index (χ3n) is 4.90. The molecule has 4 rings (SSSR count). The van der Waals surface area contributed by atoms with Crippen molar-refractivity contribution in [2.75, 3.05) is 44.0 Å². The number of anilines is 2. The van der Waals surface area contributed by atoms with Crippen molar-refractivity contribution in [1.82, 2.24) is 19.9 Å². The topological polar surface area (TPSA) is 99.3 Å². The molecule has 0 aromatic carbocycles. The fourth-order valence-corrected chi connectivity index (χ4v) is 4.26. The van der Waals surface area contributed by atoms with E-state index in [-0.39, 0.29) is 11.5 Å². The molecule has 148 valence electrons. The second kappa shape index (κ2) is 7.57. The lowest BCUT2D eigenvalue weighted by atomic mass is 10.1. The van der Waals surface area contributed by atoms with Crippen molar-refractivity contribution in [2.24, 2.45) is 0 Å². The van der Waals surface area contributed by atoms with Crippen LogP contribution in [0.5, 0.6) is 0 Å². The Morgan fingerprint density at radius 1 is 1.21 bits per heavy atom. The number of morpholine rings is 1. The quantitative estimate of drug-likeness (QED) is 0.697. The molecule has 0 amide bonds. The highest BCUT2D eigenvalue weighted by Gasteiger charge is 2.26. The predicted molar refractivity (Wildman–Crippen MR) is 110 cm³/mol. The fraction of sp³-hybridized carbons (Fsp3) is 0.474. The fourth-order valence-electron chi connectivity index (χ4n) is 3.07. The molecule has 9 heteroatoms. The highest BCUT2D eigenvalue weighted by molar-refractivity contribution is 7.19. The third kappa shape index (κ3) is 3.78. The van der Waals surface area contributed by atoms with Crippen LogP contribution in [0.15, 0.2) is 18.5 Å². The number of thiophene rings is 1. The number of methoxy groups -OCH3 is 1. The zero-order chi connectivity index (χ0) is 19.7. The lowest BCUT2D eigenvalue weighted by molar-refractivity contribution is 0.0224. The second-order valence-corrected chi connectivity index (χ2v) is 8.28. The Labute approximate surface area is 167 Å². The molecule has 0 aliphatic carbocycles. The Kier molecular flexibility index (Phi) is 5.13. The van der Waals surface area contributed by atoms with Crippen LogP contribution in [-0.2, 0) is 21.5 Å². The Bertz CT molecular complexity index is 966. The second-order valence-electron chi connectivity index (χ2n) is 7.23. The Morgan fingerprint density at radius 3 is 2.61 bits per heavy atom. The van der Waals surface area contributed by atoms with Gasteiger partial charge in [0.1, 0.15) is 5.82 Å². The minimum atomic E-state index is -0.376. The number of aromatic nitrogens is 4. The molecule has 0 radical (unpaired) electrons. The SMILES string of the molecule is COC(C)(C)c1cc2nc(Cc3cnc(N)nc3)nc(N3CCOCC3)c2s1. The number of hydrogen-bond donors (Lipinski definition) is 1. The molecule has 3 aromatic rings. The highest BCUT2D eigenvalue weighted by atomic mass is 32.1. The van der Waals surface area contributed by atoms with Crippen molar-refractivity contribution in [1.29, 1.82) is 0 Å². The Balaban J connectivity index is 1.78. The van der Waals surface area contributed by atoms with Crippen molar-refractivity contribution in [3.05, 3.63) is 34.7 Å². The molecule has 1 saturated heterocycles. The van der Waals surface area contributed by atoms with Crippen molar-refractivity contribution in [2.45, 2.75) is 25.9 Å². The number of nitrogens with two attached hydrogens (primary N) is 1. The summed E-state index contributed by atoms with van der Waals surface area (Å²) in [6.45, 7) is 7.16. The average Bonchev–Trinajstić information content (AvgIpc) is 3.15. The maximum Gasteiger partial charge on any atom is 0.219 e. The maximum atomic E-state index is 5.68. The van der Waals surface area contributed by atoms with Crippen LogP contribution >= 0.6 is 11.3 Å². The van der Waals surface area contributed by atoms with Crippen molar-refractivity contribution >= 4 is 33.3 Å². The first-order valence-corrected chi connectivity index (χ1v) is 10.0. The summed E-state index contributed by atoms with van der Waals surface area (Å²) in [6, 6.07) is 2.11. The third-order valence-corrected chi connectivity index (χ3v) is 6.33. The molecule has 1 aliphatic rings. The van der Waals surface area contributed by atoms with Gasteiger partial charge in [-0.25, -0.2) is 19.9 Å². The van der Waals surface area contributed by atoms with Crippen molar-refractivity contribution in [3.63, 3.8) is 0 Å². The first-order valence-electron chi connectivity index (χ1n) is 9.21. The van der Waals surface area contributed by atoms with E-state index in [2.05, 4.69) is 34.8 Å². The molecule has 0 unspecified atom stereocenters. The molecule has 28 heavy (non-hydrogen) atoms. The van der Waals surface area contributed by atoms with Gasteiger partial charge in [-0.15, -0.1) is 11.3 Å². The van der Waals surface area contributed by atoms with Gasteiger partial charge in [0, 0.05) is 43.9 Å². The molecule has 0 spiro atoms. The zero-order valence-electron chi connectivity index (χ0n) is 16.3. The van der Waals surface area contributed by atoms with Gasteiger partial charge in [-0.1, -0.05) is 0 Å². The molecule has 8 nitrogen and oxygen atoms in total. The Hall–Kier alpha value is -2.36. The number of fused-ring (bicyclic) bond motifs is 1. The first kappa shape index (κ1) is 19.0. The van der Waals surface area contributed by atoms with Crippen LogP contribution in [0.1, 0.15) is 30.1 Å². The van der Waals surface area contributed by atoms with Crippen LogP contribution in [0.4, 0.5) is 11.8 Å². The molecular formula is C19H24N6O2S. The molecule has 0 atom stereocenters. The number of hydrogen-bond acceptors (Lipinski definition) is 9. The van der Waals surface area contributed by atoms with E-state index in [0.717, 1.165) is 45.4 Å². The molecule has 3 aromatic heterocycles. The first-order chi connectivity index (χ1) is 13.5. The normalized spacial score (nSPS) is 15.3. The summed E-state index contributed by atoms with van der Waals surface area (Å²) in [5.74, 6) is 1.96. The predicted octanol–water partition coefficient (Wildman–Crippen LogP) is 2.37. The maximum absolute atomic E-state index is 5.68. The van der Waals surface area contributed by atoms with Gasteiger partial charge in [0.05, 0.1) is 29.0 Å². The smallest absolute Gasteiger partial charge is 0.219 e. The van der Waals surface area contributed by atoms with Gasteiger partial charge in [-0.2, -0.15) is 0 Å². The summed E-state index contributed by atoms with van der Waals surface area (Å²) in [5.41, 5.74) is 7.08. The molecular weight excluding hydrogens is 376 g/mol. The average molecular weight is 401 g/mol. The molecule has 0 bridgehead atoms. The molecule has 1 aliphatic heterocycles. The van der Waals surface area contributed by atoms with Gasteiger partial charge < -0.3 is 20.1 Å². The number of ether oxygens (including phenoxy) is 2. The van der Waals surface area contributed by atoms with Gasteiger partial charge in [0.25, 0.3) is 0 Å². The highest BCUT2D eigenvalue weighted by Crippen LogP contribution is 2.38. The summed E-state index contributed by atoms with van der Waals surface area (Å²) >= 11 is 1.69. The van der Waals surface area contributed by atoms with Gasteiger partial charge >= 0.3 is 0 Å². The summed E-state index contributed by atoms with van der Waals surface area (Å²) in [6.07, 6.45) is 3.99. The van der Waals surface area contributed by atoms with Crippen molar-refractivity contribution in [3.8, 4) is 0 Å². The standard InChI is InChI=1S/C19H24N6O2S/c1-19(2,26-3)14-9-13-16(28-14)17(25-4-6-27-7-5-25)24-15(23-13)8-12-10-21-18(20)22-11-12/h9-11H,4-8H2,1-3H3,(H2,20,21,22). The zero-order valence-corrected chi connectivity index (χ0v) is 17.1. The Morgan fingerprint density at radius 2 is 1.93 bits per heavy atom. The van der Waals surface area contributed by atoms with Crippen LogP contribution in [0.2, 0.25) is 0 Å². The lowest BCUT2D eigenvalue weighted by Gasteiger charge is -2.28. The van der Waals surface area contributed by atoms with Gasteiger partial charge in [-0.05, 0) is 25.5 Å². The minimum absolute atomic E-state index is 0.262. The van der Waals surface area contributed by atoms with E-state index in [0.29, 0.717) is 19.6 Å². The van der Waals surface area contributed by atoms with Crippen molar-refractivity contribution < 1.29 is 9.47 Å². The summed E-state index contributed by atoms with van der Waals surface area (Å²) in [5, 5.41) is 0. The van der Waals surface area contributed by atoms with E-state index in [1.165, 1.54) is 0 Å². The minimum Gasteiger partial charge on any atom is -0.378 e. The van der Waals surface area contributed by atoms with Gasteiger partial charge in [-0.3, -0.25) is 0 Å². The van der Waals surface area contributed by atoms with E-state index in [4.69, 9.17) is 25.2 Å². The van der Waals surface area contributed by atoms with Crippen LogP contribution in [0.3, 0.4) is 0 Å². The van der Waals surface area contributed by atoms with E-state index < -0.39 is 0 Å². The van der Waals surface area contributed by atoms with Crippen LogP contribution in [0, 0.1) is 0 Å². The van der Waals surface area contributed by atoms with E-state index >= 15 is 0 Å². The summed E-state index contributed by atoms with van der Waals surface area (Å²) < 4.78 is 12.3.